The zero-order valence-electron chi connectivity index (χ0n) is 46.3. The van der Waals surface area contributed by atoms with Gasteiger partial charge in [0.15, 0.2) is 6.10 Å². The topological polar surface area (TPSA) is 78.9 Å². The molecule has 0 rings (SSSR count). The monoisotopic (exact) mass is 969 g/mol. The SMILES string of the molecule is CCC/C=C\C/C=C\CCCCCCCC(=O)OC(COC(=O)CCCCCCC/C=C\CCCCCC)COC(=O)CCCCCCCCCCCCCCCCCCCCCCCCCCC. The fraction of sp³-hybridized carbons (Fsp3) is 0.857. The van der Waals surface area contributed by atoms with Gasteiger partial charge in [0.05, 0.1) is 0 Å². The molecule has 0 amide bonds. The van der Waals surface area contributed by atoms with Crippen molar-refractivity contribution in [2.45, 2.75) is 335 Å². The fourth-order valence-electron chi connectivity index (χ4n) is 9.01. The van der Waals surface area contributed by atoms with Crippen LogP contribution in [0.1, 0.15) is 329 Å². The van der Waals surface area contributed by atoms with Crippen LogP contribution in [-0.4, -0.2) is 37.2 Å². The normalized spacial score (nSPS) is 12.2. The van der Waals surface area contributed by atoms with E-state index >= 15 is 0 Å². The summed E-state index contributed by atoms with van der Waals surface area (Å²) in [5.41, 5.74) is 0. The van der Waals surface area contributed by atoms with E-state index in [1.165, 1.54) is 193 Å². The van der Waals surface area contributed by atoms with Crippen LogP contribution >= 0.6 is 0 Å². The Morgan fingerprint density at radius 2 is 0.551 bits per heavy atom. The summed E-state index contributed by atoms with van der Waals surface area (Å²) in [5.74, 6) is -0.883. The Bertz CT molecular complexity index is 1160. The standard InChI is InChI=1S/C63H116O6/c1-4-7-10-13-16-19-22-25-26-27-28-29-30-31-32-33-34-35-36-39-41-44-47-50-53-56-62(65)68-59-60(69-63(66)57-54-51-48-45-42-38-24-21-18-15-12-9-6-3)58-67-61(64)55-52-49-46-43-40-37-23-20-17-14-11-8-5-2/h12,15,20-21,23-24,60H,4-11,13-14,16-19,22,25-59H2,1-3H3/b15-12-,23-20-,24-21-. The molecule has 0 fully saturated rings. The highest BCUT2D eigenvalue weighted by atomic mass is 16.6. The third-order valence-electron chi connectivity index (χ3n) is 13.6. The molecule has 0 radical (unpaired) electrons. The van der Waals surface area contributed by atoms with Gasteiger partial charge >= 0.3 is 17.9 Å². The molecule has 0 aliphatic carbocycles. The van der Waals surface area contributed by atoms with Gasteiger partial charge in [-0.1, -0.05) is 276 Å². The maximum Gasteiger partial charge on any atom is 0.306 e. The van der Waals surface area contributed by atoms with Gasteiger partial charge in [-0.2, -0.15) is 0 Å². The molecular weight excluding hydrogens is 853 g/mol. The van der Waals surface area contributed by atoms with E-state index in [9.17, 15) is 14.4 Å². The first-order chi connectivity index (χ1) is 34.0. The van der Waals surface area contributed by atoms with E-state index in [1.54, 1.807) is 0 Å². The average Bonchev–Trinajstić information content (AvgIpc) is 3.35. The first-order valence-electron chi connectivity index (χ1n) is 30.5. The molecule has 0 N–H and O–H groups in total. The number of carbonyl (C=O) groups excluding carboxylic acids is 3. The minimum atomic E-state index is -0.780. The quantitative estimate of drug-likeness (QED) is 0.0261. The molecule has 0 aromatic carbocycles. The van der Waals surface area contributed by atoms with Gasteiger partial charge in [-0.15, -0.1) is 0 Å². The van der Waals surface area contributed by atoms with Crippen molar-refractivity contribution in [3.63, 3.8) is 0 Å². The third-order valence-corrected chi connectivity index (χ3v) is 13.6. The Morgan fingerprint density at radius 3 is 0.884 bits per heavy atom. The van der Waals surface area contributed by atoms with E-state index in [-0.39, 0.29) is 31.1 Å². The second-order valence-corrected chi connectivity index (χ2v) is 20.6. The summed E-state index contributed by atoms with van der Waals surface area (Å²) in [6.07, 6.45) is 70.1. The van der Waals surface area contributed by atoms with Gasteiger partial charge in [0.1, 0.15) is 13.2 Å². The molecule has 0 saturated heterocycles. The Balaban J connectivity index is 4.20. The first-order valence-corrected chi connectivity index (χ1v) is 30.5. The van der Waals surface area contributed by atoms with Crippen LogP contribution < -0.4 is 0 Å². The number of esters is 3. The second-order valence-electron chi connectivity index (χ2n) is 20.6. The molecular formula is C63H116O6. The van der Waals surface area contributed by atoms with Crippen LogP contribution in [0.4, 0.5) is 0 Å². The van der Waals surface area contributed by atoms with Crippen molar-refractivity contribution in [2.75, 3.05) is 13.2 Å². The number of unbranched alkanes of at least 4 members (excludes halogenated alkanes) is 39. The van der Waals surface area contributed by atoms with E-state index in [2.05, 4.69) is 57.2 Å². The lowest BCUT2D eigenvalue weighted by Gasteiger charge is -2.18. The van der Waals surface area contributed by atoms with Crippen molar-refractivity contribution < 1.29 is 28.6 Å². The Morgan fingerprint density at radius 1 is 0.290 bits per heavy atom. The molecule has 69 heavy (non-hydrogen) atoms. The molecule has 404 valence electrons. The minimum absolute atomic E-state index is 0.0770. The van der Waals surface area contributed by atoms with Crippen LogP contribution in [0.5, 0.6) is 0 Å². The van der Waals surface area contributed by atoms with Gasteiger partial charge in [-0.05, 0) is 70.6 Å². The van der Waals surface area contributed by atoms with Crippen LogP contribution in [0.15, 0.2) is 36.5 Å². The summed E-state index contributed by atoms with van der Waals surface area (Å²) < 4.78 is 16.9. The number of allylic oxidation sites excluding steroid dienone is 6. The predicted octanol–water partition coefficient (Wildman–Crippen LogP) is 20.4. The molecule has 6 nitrogen and oxygen atoms in total. The maximum atomic E-state index is 12.8. The average molecular weight is 970 g/mol. The van der Waals surface area contributed by atoms with Gasteiger partial charge < -0.3 is 14.2 Å². The largest absolute Gasteiger partial charge is 0.462 e. The summed E-state index contributed by atoms with van der Waals surface area (Å²) in [6, 6.07) is 0. The highest BCUT2D eigenvalue weighted by Crippen LogP contribution is 2.17. The van der Waals surface area contributed by atoms with Crippen LogP contribution in [0.25, 0.3) is 0 Å². The number of hydrogen-bond acceptors (Lipinski definition) is 6. The third kappa shape index (κ3) is 56.4. The number of rotatable bonds is 56. The molecule has 0 heterocycles. The van der Waals surface area contributed by atoms with Crippen molar-refractivity contribution in [3.05, 3.63) is 36.5 Å². The van der Waals surface area contributed by atoms with E-state index in [4.69, 9.17) is 14.2 Å². The van der Waals surface area contributed by atoms with Crippen molar-refractivity contribution in [3.8, 4) is 0 Å². The second kappa shape index (κ2) is 58.2. The summed E-state index contributed by atoms with van der Waals surface area (Å²) >= 11 is 0. The number of ether oxygens (including phenoxy) is 3. The molecule has 0 aromatic rings. The predicted molar refractivity (Wildman–Crippen MR) is 298 cm³/mol. The molecule has 0 spiro atoms. The summed E-state index contributed by atoms with van der Waals surface area (Å²) in [6.45, 7) is 6.59. The molecule has 0 aliphatic heterocycles. The number of hydrogen-bond donors (Lipinski definition) is 0. The molecule has 0 aromatic heterocycles. The lowest BCUT2D eigenvalue weighted by atomic mass is 10.0. The summed E-state index contributed by atoms with van der Waals surface area (Å²) in [7, 11) is 0. The highest BCUT2D eigenvalue weighted by Gasteiger charge is 2.19. The van der Waals surface area contributed by atoms with Gasteiger partial charge in [0.25, 0.3) is 0 Å². The van der Waals surface area contributed by atoms with Crippen molar-refractivity contribution >= 4 is 17.9 Å². The zero-order chi connectivity index (χ0) is 50.0. The van der Waals surface area contributed by atoms with Gasteiger partial charge in [-0.25, -0.2) is 0 Å². The fourth-order valence-corrected chi connectivity index (χ4v) is 9.01. The van der Waals surface area contributed by atoms with Crippen molar-refractivity contribution in [1.29, 1.82) is 0 Å². The van der Waals surface area contributed by atoms with Gasteiger partial charge in [-0.3, -0.25) is 14.4 Å². The summed E-state index contributed by atoms with van der Waals surface area (Å²) in [5, 5.41) is 0. The molecule has 0 bridgehead atoms. The zero-order valence-corrected chi connectivity index (χ0v) is 46.3. The van der Waals surface area contributed by atoms with E-state index < -0.39 is 6.10 Å². The number of carbonyl (C=O) groups is 3. The highest BCUT2D eigenvalue weighted by molar-refractivity contribution is 5.71. The smallest absolute Gasteiger partial charge is 0.306 e. The lowest BCUT2D eigenvalue weighted by molar-refractivity contribution is -0.167. The lowest BCUT2D eigenvalue weighted by Crippen LogP contribution is -2.30. The maximum absolute atomic E-state index is 12.8. The molecule has 0 aliphatic rings. The molecule has 6 heteroatoms. The van der Waals surface area contributed by atoms with Gasteiger partial charge in [0.2, 0.25) is 0 Å². The molecule has 0 saturated carbocycles. The van der Waals surface area contributed by atoms with Crippen molar-refractivity contribution in [2.24, 2.45) is 0 Å². The van der Waals surface area contributed by atoms with Gasteiger partial charge in [0, 0.05) is 19.3 Å². The van der Waals surface area contributed by atoms with Crippen LogP contribution in [-0.2, 0) is 28.6 Å². The van der Waals surface area contributed by atoms with E-state index in [0.29, 0.717) is 19.3 Å². The minimum Gasteiger partial charge on any atom is -0.462 e. The van der Waals surface area contributed by atoms with Crippen LogP contribution in [0.3, 0.4) is 0 Å². The Labute approximate surface area is 429 Å². The molecule has 1 unspecified atom stereocenters. The van der Waals surface area contributed by atoms with E-state index in [1.807, 2.05) is 0 Å². The van der Waals surface area contributed by atoms with Crippen LogP contribution in [0.2, 0.25) is 0 Å². The van der Waals surface area contributed by atoms with Crippen molar-refractivity contribution in [1.82, 2.24) is 0 Å². The summed E-state index contributed by atoms with van der Waals surface area (Å²) in [4.78, 5) is 38.1. The van der Waals surface area contributed by atoms with E-state index in [0.717, 1.165) is 96.3 Å². The first kappa shape index (κ1) is 66.6. The Kier molecular flexibility index (Phi) is 56.2. The van der Waals surface area contributed by atoms with Crippen LogP contribution in [0, 0.1) is 0 Å². The molecule has 1 atom stereocenters. The Hall–Kier alpha value is -2.37.